The summed E-state index contributed by atoms with van der Waals surface area (Å²) < 4.78 is 27.8. The van der Waals surface area contributed by atoms with Gasteiger partial charge in [-0.05, 0) is 26.0 Å². The van der Waals surface area contributed by atoms with Crippen LogP contribution < -0.4 is 5.32 Å². The lowest BCUT2D eigenvalue weighted by molar-refractivity contribution is 0.0820. The Kier molecular flexibility index (Phi) is 5.91. The highest BCUT2D eigenvalue weighted by molar-refractivity contribution is 8.13. The molecular formula is C12H14Cl3NO4S. The van der Waals surface area contributed by atoms with Gasteiger partial charge in [-0.2, -0.15) is 0 Å². The standard InChI is InChI=1S/C12H14Cl3NO4S/c1-12(2,6-20-3)16-11(17)7-4-10(21(15,18)19)9(14)5-8(7)13/h4-5H,6H2,1-3H3,(H,16,17). The first kappa shape index (κ1) is 18.5. The van der Waals surface area contributed by atoms with Crippen LogP contribution in [0.5, 0.6) is 0 Å². The number of amides is 1. The number of rotatable bonds is 5. The minimum Gasteiger partial charge on any atom is -0.382 e. The molecule has 21 heavy (non-hydrogen) atoms. The summed E-state index contributed by atoms with van der Waals surface area (Å²) in [7, 11) is 2.69. The number of methoxy groups -OCH3 is 1. The van der Waals surface area contributed by atoms with Gasteiger partial charge in [0.15, 0.2) is 0 Å². The maximum absolute atomic E-state index is 12.2. The Morgan fingerprint density at radius 1 is 1.29 bits per heavy atom. The molecule has 0 heterocycles. The highest BCUT2D eigenvalue weighted by Crippen LogP contribution is 2.30. The van der Waals surface area contributed by atoms with Crippen molar-refractivity contribution in [3.05, 3.63) is 27.7 Å². The average molecular weight is 375 g/mol. The maximum Gasteiger partial charge on any atom is 0.262 e. The molecule has 0 saturated heterocycles. The Hall–Kier alpha value is -0.530. The van der Waals surface area contributed by atoms with Gasteiger partial charge in [-0.3, -0.25) is 4.79 Å². The molecule has 0 aliphatic heterocycles. The summed E-state index contributed by atoms with van der Waals surface area (Å²) in [5.74, 6) is -0.555. The molecule has 118 valence electrons. The molecule has 0 radical (unpaired) electrons. The van der Waals surface area contributed by atoms with E-state index < -0.39 is 20.5 Å². The molecule has 1 rings (SSSR count). The number of nitrogens with one attached hydrogen (secondary N) is 1. The van der Waals surface area contributed by atoms with Crippen LogP contribution in [0, 0.1) is 0 Å². The summed E-state index contributed by atoms with van der Waals surface area (Å²) in [6.07, 6.45) is 0. The third kappa shape index (κ3) is 5.00. The van der Waals surface area contributed by atoms with Crippen molar-refractivity contribution in [1.29, 1.82) is 0 Å². The molecule has 0 saturated carbocycles. The Labute approximate surface area is 137 Å². The molecule has 0 aliphatic carbocycles. The number of halogens is 3. The molecule has 0 aromatic heterocycles. The van der Waals surface area contributed by atoms with Crippen molar-refractivity contribution in [3.63, 3.8) is 0 Å². The number of carbonyl (C=O) groups is 1. The van der Waals surface area contributed by atoms with E-state index in [-0.39, 0.29) is 27.1 Å². The van der Waals surface area contributed by atoms with Gasteiger partial charge in [0.1, 0.15) is 4.90 Å². The first-order valence-corrected chi connectivity index (χ1v) is 8.79. The fraction of sp³-hybridized carbons (Fsp3) is 0.417. The topological polar surface area (TPSA) is 72.5 Å². The van der Waals surface area contributed by atoms with Crippen LogP contribution in [0.4, 0.5) is 0 Å². The van der Waals surface area contributed by atoms with Crippen molar-refractivity contribution < 1.29 is 17.9 Å². The molecule has 0 unspecified atom stereocenters. The predicted octanol–water partition coefficient (Wildman–Crippen LogP) is 3.08. The summed E-state index contributed by atoms with van der Waals surface area (Å²) in [4.78, 5) is 11.8. The van der Waals surface area contributed by atoms with E-state index >= 15 is 0 Å². The second-order valence-electron chi connectivity index (χ2n) is 4.97. The van der Waals surface area contributed by atoms with Gasteiger partial charge in [-0.1, -0.05) is 23.2 Å². The lowest BCUT2D eigenvalue weighted by atomic mass is 10.1. The number of carbonyl (C=O) groups excluding carboxylic acids is 1. The van der Waals surface area contributed by atoms with Crippen LogP contribution >= 0.6 is 33.9 Å². The minimum atomic E-state index is -4.08. The number of ether oxygens (including phenoxy) is 1. The smallest absolute Gasteiger partial charge is 0.262 e. The molecule has 1 aromatic rings. The van der Waals surface area contributed by atoms with Crippen molar-refractivity contribution >= 4 is 48.8 Å². The maximum atomic E-state index is 12.2. The van der Waals surface area contributed by atoms with Crippen LogP contribution in [0.3, 0.4) is 0 Å². The average Bonchev–Trinajstić information content (AvgIpc) is 2.25. The van der Waals surface area contributed by atoms with E-state index in [1.54, 1.807) is 13.8 Å². The van der Waals surface area contributed by atoms with E-state index in [9.17, 15) is 13.2 Å². The first-order chi connectivity index (χ1) is 9.48. The van der Waals surface area contributed by atoms with Gasteiger partial charge in [0.05, 0.1) is 27.8 Å². The quantitative estimate of drug-likeness (QED) is 0.804. The Balaban J connectivity index is 3.22. The monoisotopic (exact) mass is 373 g/mol. The molecule has 0 bridgehead atoms. The highest BCUT2D eigenvalue weighted by atomic mass is 35.7. The van der Waals surface area contributed by atoms with Gasteiger partial charge < -0.3 is 10.1 Å². The van der Waals surface area contributed by atoms with Crippen molar-refractivity contribution in [1.82, 2.24) is 5.32 Å². The van der Waals surface area contributed by atoms with Gasteiger partial charge in [0, 0.05) is 17.8 Å². The number of benzene rings is 1. The largest absolute Gasteiger partial charge is 0.382 e. The zero-order valence-electron chi connectivity index (χ0n) is 11.5. The van der Waals surface area contributed by atoms with Gasteiger partial charge in [-0.25, -0.2) is 8.42 Å². The van der Waals surface area contributed by atoms with Gasteiger partial charge in [-0.15, -0.1) is 0 Å². The molecule has 0 fully saturated rings. The van der Waals surface area contributed by atoms with E-state index in [0.717, 1.165) is 12.1 Å². The van der Waals surface area contributed by atoms with E-state index in [1.165, 1.54) is 7.11 Å². The lowest BCUT2D eigenvalue weighted by Crippen LogP contribution is -2.46. The van der Waals surface area contributed by atoms with Gasteiger partial charge in [0.25, 0.3) is 15.0 Å². The van der Waals surface area contributed by atoms with Gasteiger partial charge >= 0.3 is 0 Å². The molecule has 1 amide bonds. The number of hydrogen-bond donors (Lipinski definition) is 1. The summed E-state index contributed by atoms with van der Waals surface area (Å²) in [6.45, 7) is 3.76. The van der Waals surface area contributed by atoms with Crippen LogP contribution in [0.2, 0.25) is 10.0 Å². The van der Waals surface area contributed by atoms with E-state index in [1.807, 2.05) is 0 Å². The third-order valence-corrected chi connectivity index (χ3v) is 4.59. The van der Waals surface area contributed by atoms with E-state index in [2.05, 4.69) is 5.32 Å². The lowest BCUT2D eigenvalue weighted by Gasteiger charge is -2.25. The minimum absolute atomic E-state index is 0.0229. The SMILES string of the molecule is COCC(C)(C)NC(=O)c1cc(S(=O)(=O)Cl)c(Cl)cc1Cl. The molecule has 9 heteroatoms. The first-order valence-electron chi connectivity index (χ1n) is 5.73. The van der Waals surface area contributed by atoms with Crippen molar-refractivity contribution in [2.24, 2.45) is 0 Å². The molecular weight excluding hydrogens is 361 g/mol. The van der Waals surface area contributed by atoms with Crippen LogP contribution in [-0.2, 0) is 13.8 Å². The van der Waals surface area contributed by atoms with Gasteiger partial charge in [0.2, 0.25) is 0 Å². The number of hydrogen-bond acceptors (Lipinski definition) is 4. The summed E-state index contributed by atoms with van der Waals surface area (Å²) in [5, 5.41) is 2.56. The van der Waals surface area contributed by atoms with E-state index in [4.69, 9.17) is 38.6 Å². The molecule has 5 nitrogen and oxygen atoms in total. The Morgan fingerprint density at radius 2 is 1.86 bits per heavy atom. The summed E-state index contributed by atoms with van der Waals surface area (Å²) >= 11 is 11.7. The normalized spacial score (nSPS) is 12.3. The second-order valence-corrected chi connectivity index (χ2v) is 8.32. The van der Waals surface area contributed by atoms with Crippen LogP contribution in [0.25, 0.3) is 0 Å². The molecule has 0 atom stereocenters. The Morgan fingerprint density at radius 3 is 2.33 bits per heavy atom. The summed E-state index contributed by atoms with van der Waals surface area (Å²) in [5.41, 5.74) is -0.695. The molecule has 0 spiro atoms. The zero-order chi connectivity index (χ0) is 16.4. The summed E-state index contributed by atoms with van der Waals surface area (Å²) in [6, 6.07) is 2.21. The van der Waals surface area contributed by atoms with Crippen LogP contribution in [-0.4, -0.2) is 33.6 Å². The molecule has 0 aliphatic rings. The highest BCUT2D eigenvalue weighted by Gasteiger charge is 2.25. The second kappa shape index (κ2) is 6.71. The fourth-order valence-corrected chi connectivity index (χ4v) is 3.49. The zero-order valence-corrected chi connectivity index (χ0v) is 14.6. The molecule has 1 N–H and O–H groups in total. The Bertz CT molecular complexity index is 659. The van der Waals surface area contributed by atoms with Crippen molar-refractivity contribution in [3.8, 4) is 0 Å². The van der Waals surface area contributed by atoms with Crippen LogP contribution in [0.15, 0.2) is 17.0 Å². The van der Waals surface area contributed by atoms with Crippen LogP contribution in [0.1, 0.15) is 24.2 Å². The predicted molar refractivity (Wildman–Crippen MR) is 82.9 cm³/mol. The third-order valence-electron chi connectivity index (χ3n) is 2.49. The van der Waals surface area contributed by atoms with Crippen molar-refractivity contribution in [2.45, 2.75) is 24.3 Å². The van der Waals surface area contributed by atoms with E-state index in [0.29, 0.717) is 0 Å². The molecule has 1 aromatic carbocycles. The van der Waals surface area contributed by atoms with Crippen molar-refractivity contribution in [2.75, 3.05) is 13.7 Å². The fourth-order valence-electron chi connectivity index (χ4n) is 1.66.